The fraction of sp³-hybridized carbons (Fsp3) is 0.0811. The molecule has 0 aliphatic rings. The van der Waals surface area contributed by atoms with Gasteiger partial charge in [0.15, 0.2) is 0 Å². The molecule has 7 aromatic rings. The molecule has 3 aromatic heterocycles. The van der Waals surface area contributed by atoms with Gasteiger partial charge in [0.1, 0.15) is 5.58 Å². The summed E-state index contributed by atoms with van der Waals surface area (Å²) < 4.78 is 6.16. The minimum atomic E-state index is 0. The van der Waals surface area contributed by atoms with E-state index < -0.39 is 0 Å². The molecule has 0 spiro atoms. The number of fused-ring (bicyclic) bond motifs is 3. The minimum Gasteiger partial charge on any atom is -0.501 e. The largest absolute Gasteiger partial charge is 0.501 e. The number of hydrogen-bond donors (Lipinski definition) is 0. The Hall–Kier alpha value is -4.37. The molecule has 203 valence electrons. The summed E-state index contributed by atoms with van der Waals surface area (Å²) in [6.07, 6.45) is 3.64. The average Bonchev–Trinajstić information content (AvgIpc) is 3.41. The third kappa shape index (κ3) is 6.20. The second-order valence-corrected chi connectivity index (χ2v) is 9.89. The van der Waals surface area contributed by atoms with Gasteiger partial charge in [-0.2, -0.15) is 0 Å². The summed E-state index contributed by atoms with van der Waals surface area (Å²) in [5.74, 6) is 0.486. The zero-order chi connectivity index (χ0) is 27.3. The molecule has 3 nitrogen and oxygen atoms in total. The van der Waals surface area contributed by atoms with Gasteiger partial charge >= 0.3 is 0 Å². The van der Waals surface area contributed by atoms with Crippen LogP contribution in [0.4, 0.5) is 0 Å². The summed E-state index contributed by atoms with van der Waals surface area (Å²) >= 11 is 0. The Kier molecular flexibility index (Phi) is 8.84. The topological polar surface area (TPSA) is 38.9 Å². The first-order chi connectivity index (χ1) is 19.7. The fourth-order valence-corrected chi connectivity index (χ4v) is 4.76. The summed E-state index contributed by atoms with van der Waals surface area (Å²) in [6.45, 7) is 4.38. The molecule has 0 N–H and O–H groups in total. The van der Waals surface area contributed by atoms with E-state index >= 15 is 0 Å². The van der Waals surface area contributed by atoms with E-state index in [1.165, 1.54) is 16.7 Å². The monoisotopic (exact) mass is 709 g/mol. The fourth-order valence-electron chi connectivity index (χ4n) is 4.76. The average molecular weight is 709 g/mol. The van der Waals surface area contributed by atoms with Crippen LogP contribution in [0.2, 0.25) is 0 Å². The maximum absolute atomic E-state index is 6.16. The van der Waals surface area contributed by atoms with Gasteiger partial charge in [0.25, 0.3) is 0 Å². The summed E-state index contributed by atoms with van der Waals surface area (Å²) in [4.78, 5) is 8.83. The zero-order valence-electron chi connectivity index (χ0n) is 22.8. The van der Waals surface area contributed by atoms with Gasteiger partial charge in [0, 0.05) is 37.9 Å². The molecular formula is C37H28IrN2O-2. The Bertz CT molecular complexity index is 1810. The minimum absolute atomic E-state index is 0. The van der Waals surface area contributed by atoms with Crippen molar-refractivity contribution in [1.29, 1.82) is 0 Å². The molecule has 4 heteroatoms. The molecule has 0 saturated carbocycles. The number of furan rings is 1. The second kappa shape index (κ2) is 12.9. The van der Waals surface area contributed by atoms with E-state index in [-0.39, 0.29) is 20.1 Å². The molecule has 3 heterocycles. The van der Waals surface area contributed by atoms with Gasteiger partial charge in [-0.15, -0.1) is 54.1 Å². The van der Waals surface area contributed by atoms with Crippen molar-refractivity contribution in [3.05, 3.63) is 145 Å². The van der Waals surface area contributed by atoms with Gasteiger partial charge < -0.3 is 14.4 Å². The third-order valence-electron chi connectivity index (χ3n) is 6.90. The van der Waals surface area contributed by atoms with Crippen LogP contribution in [-0.2, 0) is 20.1 Å². The molecule has 0 bridgehead atoms. The Balaban J connectivity index is 0.000000164. The van der Waals surface area contributed by atoms with Gasteiger partial charge in [-0.1, -0.05) is 85.5 Å². The SMILES string of the molecule is CC(C)c1ccc2c(c1)oc1c(-c3ccccn3)[c-]ccc12.[Ir].[c-]1ccccc1-c1cc(-c2ccccc2)ccn1. The van der Waals surface area contributed by atoms with Gasteiger partial charge in [0.05, 0.1) is 5.58 Å². The molecule has 0 aliphatic heterocycles. The number of benzene rings is 4. The van der Waals surface area contributed by atoms with Crippen LogP contribution in [0.25, 0.3) is 55.6 Å². The summed E-state index contributed by atoms with van der Waals surface area (Å²) in [7, 11) is 0. The maximum atomic E-state index is 6.16. The molecular weight excluding hydrogens is 681 g/mol. The Morgan fingerprint density at radius 2 is 1.44 bits per heavy atom. The molecule has 0 amide bonds. The second-order valence-electron chi connectivity index (χ2n) is 9.89. The van der Waals surface area contributed by atoms with Gasteiger partial charge in [0.2, 0.25) is 0 Å². The predicted molar refractivity (Wildman–Crippen MR) is 164 cm³/mol. The van der Waals surface area contributed by atoms with Crippen LogP contribution in [0.3, 0.4) is 0 Å². The Morgan fingerprint density at radius 1 is 0.634 bits per heavy atom. The van der Waals surface area contributed by atoms with Gasteiger partial charge in [-0.05, 0) is 52.2 Å². The van der Waals surface area contributed by atoms with Crippen LogP contribution in [0, 0.1) is 12.1 Å². The van der Waals surface area contributed by atoms with Crippen LogP contribution in [0.5, 0.6) is 0 Å². The van der Waals surface area contributed by atoms with E-state index in [9.17, 15) is 0 Å². The van der Waals surface area contributed by atoms with Crippen LogP contribution < -0.4 is 0 Å². The van der Waals surface area contributed by atoms with Crippen molar-refractivity contribution in [3.63, 3.8) is 0 Å². The summed E-state index contributed by atoms with van der Waals surface area (Å²) in [5.41, 5.74) is 9.24. The molecule has 0 unspecified atom stereocenters. The third-order valence-corrected chi connectivity index (χ3v) is 6.90. The van der Waals surface area contributed by atoms with Crippen molar-refractivity contribution in [2.24, 2.45) is 0 Å². The summed E-state index contributed by atoms with van der Waals surface area (Å²) in [5, 5.41) is 2.26. The number of nitrogens with zero attached hydrogens (tertiary/aromatic N) is 2. The Labute approximate surface area is 254 Å². The van der Waals surface area contributed by atoms with Crippen LogP contribution in [0.1, 0.15) is 25.3 Å². The van der Waals surface area contributed by atoms with Crippen molar-refractivity contribution in [2.75, 3.05) is 0 Å². The number of aromatic nitrogens is 2. The Morgan fingerprint density at radius 3 is 2.20 bits per heavy atom. The standard InChI is InChI=1S/C20H16NO.C17H12N.Ir/c1-13(2)14-9-10-15-16-6-5-7-17(18-8-3-4-11-21-18)20(16)22-19(15)12-14;1-3-7-14(8-4-1)16-11-12-18-17(13-16)15-9-5-2-6-10-15;/h3-6,8-13H,1-2H3;1-9,11-13H;/q2*-1;. The first kappa shape index (κ1) is 28.2. The van der Waals surface area contributed by atoms with Crippen molar-refractivity contribution in [1.82, 2.24) is 9.97 Å². The van der Waals surface area contributed by atoms with Gasteiger partial charge in [-0.25, -0.2) is 0 Å². The molecule has 0 saturated heterocycles. The molecule has 0 aliphatic carbocycles. The molecule has 1 radical (unpaired) electrons. The predicted octanol–water partition coefficient (Wildman–Crippen LogP) is 9.78. The summed E-state index contributed by atoms with van der Waals surface area (Å²) in [6, 6.07) is 45.2. The van der Waals surface area contributed by atoms with E-state index in [1.807, 2.05) is 79.0 Å². The molecule has 0 fully saturated rings. The molecule has 41 heavy (non-hydrogen) atoms. The van der Waals surface area contributed by atoms with Gasteiger partial charge in [-0.3, -0.25) is 0 Å². The smallest absolute Gasteiger partial charge is 0.121 e. The van der Waals surface area contributed by atoms with Crippen LogP contribution in [0.15, 0.2) is 132 Å². The van der Waals surface area contributed by atoms with E-state index in [0.29, 0.717) is 5.92 Å². The van der Waals surface area contributed by atoms with E-state index in [4.69, 9.17) is 4.42 Å². The molecule has 4 aromatic carbocycles. The van der Waals surface area contributed by atoms with E-state index in [0.717, 1.165) is 44.5 Å². The van der Waals surface area contributed by atoms with Crippen molar-refractivity contribution >= 4 is 21.9 Å². The first-order valence-electron chi connectivity index (χ1n) is 13.4. The van der Waals surface area contributed by atoms with Crippen molar-refractivity contribution < 1.29 is 24.5 Å². The van der Waals surface area contributed by atoms with Crippen molar-refractivity contribution in [3.8, 4) is 33.6 Å². The number of pyridine rings is 2. The first-order valence-corrected chi connectivity index (χ1v) is 13.4. The van der Waals surface area contributed by atoms with Crippen LogP contribution >= 0.6 is 0 Å². The zero-order valence-corrected chi connectivity index (χ0v) is 25.2. The van der Waals surface area contributed by atoms with E-state index in [1.54, 1.807) is 6.20 Å². The molecule has 7 rings (SSSR count). The van der Waals surface area contributed by atoms with Crippen molar-refractivity contribution in [2.45, 2.75) is 19.8 Å². The quantitative estimate of drug-likeness (QED) is 0.171. The molecule has 0 atom stereocenters. The maximum Gasteiger partial charge on any atom is 0.121 e. The van der Waals surface area contributed by atoms with Crippen LogP contribution in [-0.4, -0.2) is 9.97 Å². The van der Waals surface area contributed by atoms with E-state index in [2.05, 4.69) is 78.4 Å². The normalized spacial score (nSPS) is 10.7. The number of rotatable bonds is 4. The number of hydrogen-bond acceptors (Lipinski definition) is 3.